The van der Waals surface area contributed by atoms with Gasteiger partial charge in [0.25, 0.3) is 0 Å². The van der Waals surface area contributed by atoms with E-state index in [4.69, 9.17) is 5.73 Å². The quantitative estimate of drug-likeness (QED) is 0.543. The number of aryl methyl sites for hydroxylation is 2. The summed E-state index contributed by atoms with van der Waals surface area (Å²) in [5.74, 6) is 0.389. The molecule has 3 N–H and O–H groups in total. The Morgan fingerprint density at radius 2 is 1.14 bits per heavy atom. The van der Waals surface area contributed by atoms with E-state index in [-0.39, 0.29) is 5.41 Å². The monoisotopic (exact) mass is 379 g/mol. The van der Waals surface area contributed by atoms with Crippen molar-refractivity contribution in [2.24, 2.45) is 0 Å². The minimum absolute atomic E-state index is 0.0100. The molecular weight excluding hydrogens is 342 g/mol. The van der Waals surface area contributed by atoms with Gasteiger partial charge in [0.2, 0.25) is 0 Å². The van der Waals surface area contributed by atoms with Crippen LogP contribution in [0.2, 0.25) is 0 Å². The number of nitrogens with two attached hydrogens (primary N) is 1. The third-order valence-corrected chi connectivity index (χ3v) is 6.78. The number of nitrogen functional groups attached to an aromatic ring is 1. The molecule has 0 heterocycles. The number of aromatic hydroxyl groups is 1. The number of anilines is 1. The first-order valence-corrected chi connectivity index (χ1v) is 11.2. The predicted molar refractivity (Wildman–Crippen MR) is 120 cm³/mol. The molecule has 0 spiro atoms. The van der Waals surface area contributed by atoms with Crippen molar-refractivity contribution in [2.75, 3.05) is 5.73 Å². The van der Waals surface area contributed by atoms with Crippen LogP contribution in [0.15, 0.2) is 36.4 Å². The second kappa shape index (κ2) is 9.49. The van der Waals surface area contributed by atoms with Crippen molar-refractivity contribution in [1.29, 1.82) is 0 Å². The molecule has 2 aromatic rings. The van der Waals surface area contributed by atoms with E-state index in [0.717, 1.165) is 11.3 Å². The molecule has 28 heavy (non-hydrogen) atoms. The molecule has 0 unspecified atom stereocenters. The highest BCUT2D eigenvalue weighted by Gasteiger charge is 2.34. The van der Waals surface area contributed by atoms with Crippen LogP contribution in [0, 0.1) is 13.8 Å². The van der Waals surface area contributed by atoms with E-state index < -0.39 is 0 Å². The highest BCUT2D eigenvalue weighted by molar-refractivity contribution is 5.52. The third kappa shape index (κ3) is 4.71. The van der Waals surface area contributed by atoms with Crippen molar-refractivity contribution in [3.05, 3.63) is 58.7 Å². The molecule has 0 aliphatic heterocycles. The Balaban J connectivity index is 2.06. The van der Waals surface area contributed by atoms with E-state index in [1.807, 2.05) is 13.0 Å². The van der Waals surface area contributed by atoms with Gasteiger partial charge in [0.1, 0.15) is 5.75 Å². The lowest BCUT2D eigenvalue weighted by atomic mass is 9.67. The van der Waals surface area contributed by atoms with Crippen LogP contribution in [0.25, 0.3) is 0 Å². The van der Waals surface area contributed by atoms with Gasteiger partial charge >= 0.3 is 0 Å². The van der Waals surface area contributed by atoms with Crippen LogP contribution >= 0.6 is 0 Å². The minimum Gasteiger partial charge on any atom is -0.508 e. The van der Waals surface area contributed by atoms with Gasteiger partial charge < -0.3 is 10.8 Å². The Hall–Kier alpha value is -1.96. The molecule has 3 rings (SSSR count). The molecular formula is C26H37NO. The van der Waals surface area contributed by atoms with Crippen molar-refractivity contribution < 1.29 is 5.11 Å². The summed E-state index contributed by atoms with van der Waals surface area (Å²) in [5.41, 5.74) is 11.9. The Morgan fingerprint density at radius 1 is 0.679 bits per heavy atom. The second-order valence-electron chi connectivity index (χ2n) is 8.84. The minimum atomic E-state index is 0.0100. The Kier molecular flexibility index (Phi) is 7.04. The lowest BCUT2D eigenvalue weighted by Gasteiger charge is -2.37. The number of phenolic OH excluding ortho intramolecular Hbond substituents is 1. The van der Waals surface area contributed by atoms with E-state index in [2.05, 4.69) is 37.3 Å². The van der Waals surface area contributed by atoms with Gasteiger partial charge in [0, 0.05) is 11.1 Å². The summed E-state index contributed by atoms with van der Waals surface area (Å²) in [6, 6.07) is 12.9. The highest BCUT2D eigenvalue weighted by Crippen LogP contribution is 2.44. The standard InChI is InChI=1S/C26H37NO/c1-20-18-22(12-14-24(20)27)26(23-13-15-25(28)21(2)19-23)16-10-8-6-4-3-5-7-9-11-17-26/h12-15,18-19,28H,3-11,16-17,27H2,1-2H3. The van der Waals surface area contributed by atoms with Crippen molar-refractivity contribution in [2.45, 2.75) is 89.9 Å². The number of benzene rings is 2. The van der Waals surface area contributed by atoms with Gasteiger partial charge in [-0.1, -0.05) is 82.1 Å². The van der Waals surface area contributed by atoms with Crippen LogP contribution in [-0.4, -0.2) is 5.11 Å². The molecule has 1 fully saturated rings. The predicted octanol–water partition coefficient (Wildman–Crippen LogP) is 7.18. The van der Waals surface area contributed by atoms with Crippen molar-refractivity contribution in [3.63, 3.8) is 0 Å². The smallest absolute Gasteiger partial charge is 0.118 e. The van der Waals surface area contributed by atoms with Crippen molar-refractivity contribution >= 4 is 5.69 Å². The van der Waals surface area contributed by atoms with Gasteiger partial charge in [-0.15, -0.1) is 0 Å². The SMILES string of the molecule is Cc1cc(C2(c3ccc(O)c(C)c3)CCCCCCCCCCC2)ccc1N. The van der Waals surface area contributed by atoms with Crippen LogP contribution in [0.1, 0.15) is 92.9 Å². The molecule has 2 heteroatoms. The maximum atomic E-state index is 10.1. The van der Waals surface area contributed by atoms with E-state index in [9.17, 15) is 5.11 Å². The molecule has 2 aromatic carbocycles. The molecule has 1 saturated carbocycles. The average Bonchev–Trinajstić information content (AvgIpc) is 2.67. The molecule has 0 amide bonds. The molecule has 2 nitrogen and oxygen atoms in total. The van der Waals surface area contributed by atoms with Gasteiger partial charge in [-0.05, 0) is 61.1 Å². The van der Waals surface area contributed by atoms with Crippen molar-refractivity contribution in [3.8, 4) is 5.75 Å². The van der Waals surface area contributed by atoms with Crippen LogP contribution in [-0.2, 0) is 5.41 Å². The van der Waals surface area contributed by atoms with Gasteiger partial charge in [0.15, 0.2) is 0 Å². The molecule has 1 aliphatic carbocycles. The van der Waals surface area contributed by atoms with Gasteiger partial charge in [-0.25, -0.2) is 0 Å². The summed E-state index contributed by atoms with van der Waals surface area (Å²) in [7, 11) is 0. The zero-order valence-electron chi connectivity index (χ0n) is 17.8. The maximum absolute atomic E-state index is 10.1. The van der Waals surface area contributed by atoms with E-state index in [0.29, 0.717) is 5.75 Å². The zero-order chi connectivity index (χ0) is 20.0. The topological polar surface area (TPSA) is 46.2 Å². The molecule has 152 valence electrons. The summed E-state index contributed by atoms with van der Waals surface area (Å²) in [5, 5.41) is 10.1. The van der Waals surface area contributed by atoms with Crippen LogP contribution in [0.3, 0.4) is 0 Å². The molecule has 0 radical (unpaired) electrons. The summed E-state index contributed by atoms with van der Waals surface area (Å²) >= 11 is 0. The van der Waals surface area contributed by atoms with Gasteiger partial charge in [-0.2, -0.15) is 0 Å². The Bertz CT molecular complexity index is 714. The molecule has 0 bridgehead atoms. The lowest BCUT2D eigenvalue weighted by Crippen LogP contribution is -2.28. The summed E-state index contributed by atoms with van der Waals surface area (Å²) in [6.07, 6.45) is 14.3. The first-order chi connectivity index (χ1) is 13.5. The first-order valence-electron chi connectivity index (χ1n) is 11.2. The van der Waals surface area contributed by atoms with E-state index in [1.165, 1.54) is 87.3 Å². The summed E-state index contributed by atoms with van der Waals surface area (Å²) in [4.78, 5) is 0. The Labute approximate surface area is 171 Å². The highest BCUT2D eigenvalue weighted by atomic mass is 16.3. The van der Waals surface area contributed by atoms with Crippen molar-refractivity contribution in [1.82, 2.24) is 0 Å². The van der Waals surface area contributed by atoms with Crippen LogP contribution < -0.4 is 5.73 Å². The molecule has 0 saturated heterocycles. The molecule has 0 atom stereocenters. The molecule has 0 aromatic heterocycles. The normalized spacial score (nSPS) is 18.8. The fourth-order valence-corrected chi connectivity index (χ4v) is 4.89. The van der Waals surface area contributed by atoms with E-state index >= 15 is 0 Å². The second-order valence-corrected chi connectivity index (χ2v) is 8.84. The number of hydrogen-bond donors (Lipinski definition) is 2. The average molecular weight is 380 g/mol. The lowest BCUT2D eigenvalue weighted by molar-refractivity contribution is 0.382. The van der Waals surface area contributed by atoms with Gasteiger partial charge in [-0.3, -0.25) is 0 Å². The number of hydrogen-bond acceptors (Lipinski definition) is 2. The summed E-state index contributed by atoms with van der Waals surface area (Å²) < 4.78 is 0. The first kappa shape index (κ1) is 20.8. The maximum Gasteiger partial charge on any atom is 0.118 e. The molecule has 1 aliphatic rings. The van der Waals surface area contributed by atoms with Crippen LogP contribution in [0.5, 0.6) is 5.75 Å². The largest absolute Gasteiger partial charge is 0.508 e. The van der Waals surface area contributed by atoms with Crippen LogP contribution in [0.4, 0.5) is 5.69 Å². The number of phenols is 1. The van der Waals surface area contributed by atoms with Gasteiger partial charge in [0.05, 0.1) is 0 Å². The fraction of sp³-hybridized carbons (Fsp3) is 0.538. The summed E-state index contributed by atoms with van der Waals surface area (Å²) in [6.45, 7) is 4.13. The zero-order valence-corrected chi connectivity index (χ0v) is 17.8. The van der Waals surface area contributed by atoms with E-state index in [1.54, 1.807) is 0 Å². The number of rotatable bonds is 2. The third-order valence-electron chi connectivity index (χ3n) is 6.78. The fourth-order valence-electron chi connectivity index (χ4n) is 4.89. The Morgan fingerprint density at radius 3 is 1.64 bits per heavy atom.